The van der Waals surface area contributed by atoms with Crippen molar-refractivity contribution in [2.75, 3.05) is 33.4 Å². The van der Waals surface area contributed by atoms with E-state index >= 15 is 0 Å². The van der Waals surface area contributed by atoms with Crippen molar-refractivity contribution >= 4 is 0 Å². The van der Waals surface area contributed by atoms with Crippen LogP contribution in [-0.2, 0) is 4.74 Å². The van der Waals surface area contributed by atoms with Crippen LogP contribution in [0.25, 0.3) is 0 Å². The second-order valence-electron chi connectivity index (χ2n) is 2.01. The number of hydrogen-bond donors (Lipinski definition) is 3. The molecule has 10 heavy (non-hydrogen) atoms. The average molecular weight is 149 g/mol. The fourth-order valence-electron chi connectivity index (χ4n) is 0.446. The fraction of sp³-hybridized carbons (Fsp3) is 1.00. The van der Waals surface area contributed by atoms with E-state index in [1.165, 1.54) is 0 Å². The lowest BCUT2D eigenvalue weighted by atomic mass is 10.4. The maximum Gasteiger partial charge on any atom is 0.100 e. The monoisotopic (exact) mass is 149 g/mol. The molecule has 0 bridgehead atoms. The van der Waals surface area contributed by atoms with Crippen molar-refractivity contribution in [3.8, 4) is 0 Å². The van der Waals surface area contributed by atoms with Crippen molar-refractivity contribution in [2.24, 2.45) is 0 Å². The number of likely N-dealkylation sites (N-methyl/N-ethyl adjacent to an activating group) is 1. The molecule has 0 aliphatic rings. The van der Waals surface area contributed by atoms with Gasteiger partial charge in [0.25, 0.3) is 0 Å². The van der Waals surface area contributed by atoms with E-state index in [0.29, 0.717) is 6.61 Å². The van der Waals surface area contributed by atoms with Gasteiger partial charge in [0.05, 0.1) is 19.8 Å². The molecular formula is C6H15NO3. The molecule has 0 rings (SSSR count). The Morgan fingerprint density at radius 2 is 2.30 bits per heavy atom. The number of nitrogens with one attached hydrogen (secondary N) is 1. The second-order valence-corrected chi connectivity index (χ2v) is 2.01. The maximum atomic E-state index is 8.76. The van der Waals surface area contributed by atoms with Crippen molar-refractivity contribution in [1.29, 1.82) is 0 Å². The quantitative estimate of drug-likeness (QED) is 0.405. The standard InChI is InChI=1S/C6H15NO3/c1-7-2-3-10-5-6(9)4-8/h6-9H,2-5H2,1H3. The zero-order valence-electron chi connectivity index (χ0n) is 6.21. The summed E-state index contributed by atoms with van der Waals surface area (Å²) in [6.07, 6.45) is -0.739. The summed E-state index contributed by atoms with van der Waals surface area (Å²) < 4.78 is 4.95. The molecule has 0 spiro atoms. The number of aliphatic hydroxyl groups excluding tert-OH is 2. The molecule has 62 valence electrons. The van der Waals surface area contributed by atoms with Crippen molar-refractivity contribution in [2.45, 2.75) is 6.10 Å². The molecule has 0 fully saturated rings. The molecule has 0 aromatic heterocycles. The van der Waals surface area contributed by atoms with Gasteiger partial charge in [-0.1, -0.05) is 0 Å². The van der Waals surface area contributed by atoms with Crippen LogP contribution < -0.4 is 5.32 Å². The van der Waals surface area contributed by atoms with Crippen LogP contribution in [0.3, 0.4) is 0 Å². The lowest BCUT2D eigenvalue weighted by Crippen LogP contribution is -2.22. The number of ether oxygens (including phenoxy) is 1. The van der Waals surface area contributed by atoms with E-state index in [-0.39, 0.29) is 13.2 Å². The first-order valence-corrected chi connectivity index (χ1v) is 3.32. The summed E-state index contributed by atoms with van der Waals surface area (Å²) in [6, 6.07) is 0. The first kappa shape index (κ1) is 9.84. The molecule has 0 aromatic rings. The summed E-state index contributed by atoms with van der Waals surface area (Å²) in [6.45, 7) is 1.30. The van der Waals surface area contributed by atoms with Gasteiger partial charge < -0.3 is 20.3 Å². The molecule has 0 aromatic carbocycles. The van der Waals surface area contributed by atoms with Crippen LogP contribution in [-0.4, -0.2) is 49.7 Å². The van der Waals surface area contributed by atoms with Crippen LogP contribution in [0.15, 0.2) is 0 Å². The lowest BCUT2D eigenvalue weighted by molar-refractivity contribution is 0.00761. The van der Waals surface area contributed by atoms with Gasteiger partial charge in [0.1, 0.15) is 6.10 Å². The molecule has 0 heterocycles. The Balaban J connectivity index is 2.89. The van der Waals surface area contributed by atoms with Gasteiger partial charge in [-0.15, -0.1) is 0 Å². The Kier molecular flexibility index (Phi) is 6.84. The zero-order valence-corrected chi connectivity index (χ0v) is 6.21. The number of rotatable bonds is 6. The summed E-state index contributed by atoms with van der Waals surface area (Å²) in [4.78, 5) is 0. The van der Waals surface area contributed by atoms with E-state index in [1.807, 2.05) is 7.05 Å². The Hall–Kier alpha value is -0.160. The highest BCUT2D eigenvalue weighted by Gasteiger charge is 1.99. The third-order valence-electron chi connectivity index (χ3n) is 1.02. The SMILES string of the molecule is CNCCOCC(O)CO. The highest BCUT2D eigenvalue weighted by molar-refractivity contribution is 4.48. The molecule has 3 N–H and O–H groups in total. The number of hydrogen-bond acceptors (Lipinski definition) is 4. The van der Waals surface area contributed by atoms with Crippen LogP contribution in [0, 0.1) is 0 Å². The fourth-order valence-corrected chi connectivity index (χ4v) is 0.446. The van der Waals surface area contributed by atoms with E-state index in [4.69, 9.17) is 14.9 Å². The van der Waals surface area contributed by atoms with Crippen LogP contribution >= 0.6 is 0 Å². The molecular weight excluding hydrogens is 134 g/mol. The summed E-state index contributed by atoms with van der Waals surface area (Å²) in [5.74, 6) is 0. The van der Waals surface area contributed by atoms with Gasteiger partial charge in [-0.3, -0.25) is 0 Å². The first-order valence-electron chi connectivity index (χ1n) is 3.32. The minimum absolute atomic E-state index is 0.207. The molecule has 0 aliphatic heterocycles. The van der Waals surface area contributed by atoms with Crippen LogP contribution in [0.5, 0.6) is 0 Å². The zero-order chi connectivity index (χ0) is 7.82. The van der Waals surface area contributed by atoms with Gasteiger partial charge in [-0.25, -0.2) is 0 Å². The molecule has 0 aliphatic carbocycles. The van der Waals surface area contributed by atoms with Gasteiger partial charge >= 0.3 is 0 Å². The van der Waals surface area contributed by atoms with Gasteiger partial charge in [0, 0.05) is 6.54 Å². The van der Waals surface area contributed by atoms with Crippen molar-refractivity contribution in [3.05, 3.63) is 0 Å². The molecule has 0 saturated carbocycles. The minimum atomic E-state index is -0.739. The molecule has 1 atom stereocenters. The molecule has 0 amide bonds. The predicted molar refractivity (Wildman–Crippen MR) is 37.8 cm³/mol. The van der Waals surface area contributed by atoms with Crippen LogP contribution in [0.4, 0.5) is 0 Å². The third kappa shape index (κ3) is 5.97. The molecule has 1 unspecified atom stereocenters. The number of aliphatic hydroxyl groups is 2. The van der Waals surface area contributed by atoms with Gasteiger partial charge in [0.2, 0.25) is 0 Å². The Bertz CT molecular complexity index is 70.0. The van der Waals surface area contributed by atoms with Crippen molar-refractivity contribution in [1.82, 2.24) is 5.32 Å². The van der Waals surface area contributed by atoms with Crippen LogP contribution in [0.2, 0.25) is 0 Å². The highest BCUT2D eigenvalue weighted by Crippen LogP contribution is 1.81. The summed E-state index contributed by atoms with van der Waals surface area (Å²) >= 11 is 0. The van der Waals surface area contributed by atoms with Crippen molar-refractivity contribution < 1.29 is 14.9 Å². The second kappa shape index (κ2) is 6.95. The van der Waals surface area contributed by atoms with Gasteiger partial charge in [-0.2, -0.15) is 0 Å². The Morgan fingerprint density at radius 3 is 2.80 bits per heavy atom. The van der Waals surface area contributed by atoms with E-state index in [1.54, 1.807) is 0 Å². The minimum Gasteiger partial charge on any atom is -0.394 e. The predicted octanol–water partition coefficient (Wildman–Crippen LogP) is -1.42. The van der Waals surface area contributed by atoms with Gasteiger partial charge in [-0.05, 0) is 7.05 Å². The largest absolute Gasteiger partial charge is 0.394 e. The third-order valence-corrected chi connectivity index (χ3v) is 1.02. The van der Waals surface area contributed by atoms with Crippen molar-refractivity contribution in [3.63, 3.8) is 0 Å². The topological polar surface area (TPSA) is 61.7 Å². The summed E-state index contributed by atoms with van der Waals surface area (Å²) in [7, 11) is 1.83. The van der Waals surface area contributed by atoms with E-state index in [2.05, 4.69) is 5.32 Å². The Morgan fingerprint density at radius 1 is 1.60 bits per heavy atom. The van der Waals surface area contributed by atoms with Gasteiger partial charge in [0.15, 0.2) is 0 Å². The lowest BCUT2D eigenvalue weighted by Gasteiger charge is -2.06. The Labute approximate surface area is 60.8 Å². The maximum absolute atomic E-state index is 8.76. The first-order chi connectivity index (χ1) is 4.81. The summed E-state index contributed by atoms with van der Waals surface area (Å²) in [5, 5.41) is 20.0. The molecule has 0 radical (unpaired) electrons. The van der Waals surface area contributed by atoms with E-state index in [0.717, 1.165) is 6.54 Å². The molecule has 4 heteroatoms. The van der Waals surface area contributed by atoms with E-state index < -0.39 is 6.10 Å². The normalized spacial score (nSPS) is 13.5. The molecule has 0 saturated heterocycles. The average Bonchev–Trinajstić information content (AvgIpc) is 1.98. The van der Waals surface area contributed by atoms with Crippen LogP contribution in [0.1, 0.15) is 0 Å². The van der Waals surface area contributed by atoms with E-state index in [9.17, 15) is 0 Å². The highest BCUT2D eigenvalue weighted by atomic mass is 16.5. The summed E-state index contributed by atoms with van der Waals surface area (Å²) in [5.41, 5.74) is 0. The smallest absolute Gasteiger partial charge is 0.100 e. The molecule has 4 nitrogen and oxygen atoms in total.